The van der Waals surface area contributed by atoms with Gasteiger partial charge in [-0.2, -0.15) is 15.0 Å². The van der Waals surface area contributed by atoms with Crippen molar-refractivity contribution in [1.29, 1.82) is 0 Å². The van der Waals surface area contributed by atoms with E-state index in [1.807, 2.05) is 0 Å². The van der Waals surface area contributed by atoms with Gasteiger partial charge in [0.2, 0.25) is 0 Å². The van der Waals surface area contributed by atoms with Gasteiger partial charge in [-0.3, -0.25) is 0 Å². The summed E-state index contributed by atoms with van der Waals surface area (Å²) in [7, 11) is 0. The van der Waals surface area contributed by atoms with E-state index in [0.717, 1.165) is 6.29 Å². The molecule has 0 aliphatic rings. The van der Waals surface area contributed by atoms with Crippen LogP contribution in [0.25, 0.3) is 0 Å². The smallest absolute Gasteiger partial charge is 0.122 e. The Kier molecular flexibility index (Phi) is 2.96. The number of aldehydes is 1. The SMILES string of the molecule is CC(C)[C@H](CC=O)n1nccn1. The van der Waals surface area contributed by atoms with Crippen LogP contribution >= 0.6 is 0 Å². The molecule has 0 bridgehead atoms. The maximum Gasteiger partial charge on any atom is 0.122 e. The highest BCUT2D eigenvalue weighted by Crippen LogP contribution is 2.17. The van der Waals surface area contributed by atoms with Gasteiger partial charge in [0.25, 0.3) is 0 Å². The van der Waals surface area contributed by atoms with Gasteiger partial charge in [-0.05, 0) is 5.92 Å². The number of aromatic nitrogens is 3. The molecule has 0 saturated heterocycles. The summed E-state index contributed by atoms with van der Waals surface area (Å²) in [5.41, 5.74) is 0. The fourth-order valence-electron chi connectivity index (χ4n) is 1.13. The summed E-state index contributed by atoms with van der Waals surface area (Å²) in [6.07, 6.45) is 4.64. The summed E-state index contributed by atoms with van der Waals surface area (Å²) >= 11 is 0. The fourth-order valence-corrected chi connectivity index (χ4v) is 1.13. The molecule has 66 valence electrons. The first kappa shape index (κ1) is 8.90. The van der Waals surface area contributed by atoms with Crippen molar-refractivity contribution in [2.24, 2.45) is 5.92 Å². The Hall–Kier alpha value is -1.19. The molecule has 0 saturated carbocycles. The van der Waals surface area contributed by atoms with Gasteiger partial charge >= 0.3 is 0 Å². The number of carbonyl (C=O) groups excluding carboxylic acids is 1. The average molecular weight is 167 g/mol. The number of rotatable bonds is 4. The van der Waals surface area contributed by atoms with E-state index in [0.29, 0.717) is 12.3 Å². The molecule has 0 aromatic carbocycles. The van der Waals surface area contributed by atoms with E-state index in [4.69, 9.17) is 0 Å². The molecule has 0 unspecified atom stereocenters. The van der Waals surface area contributed by atoms with E-state index in [9.17, 15) is 4.79 Å². The van der Waals surface area contributed by atoms with E-state index in [2.05, 4.69) is 24.0 Å². The molecule has 1 aromatic rings. The first-order valence-corrected chi connectivity index (χ1v) is 4.05. The van der Waals surface area contributed by atoms with Gasteiger partial charge in [0.15, 0.2) is 0 Å². The lowest BCUT2D eigenvalue weighted by Gasteiger charge is -2.16. The van der Waals surface area contributed by atoms with Crippen LogP contribution in [0.4, 0.5) is 0 Å². The molecule has 0 amide bonds. The van der Waals surface area contributed by atoms with Crippen LogP contribution in [0, 0.1) is 5.92 Å². The minimum Gasteiger partial charge on any atom is -0.303 e. The molecule has 1 atom stereocenters. The molecule has 0 N–H and O–H groups in total. The molecule has 0 fully saturated rings. The van der Waals surface area contributed by atoms with Gasteiger partial charge in [0, 0.05) is 6.42 Å². The van der Waals surface area contributed by atoms with Crippen LogP contribution in [0.1, 0.15) is 26.3 Å². The van der Waals surface area contributed by atoms with E-state index in [1.54, 1.807) is 17.2 Å². The molecule has 1 aromatic heterocycles. The minimum absolute atomic E-state index is 0.0949. The van der Waals surface area contributed by atoms with Crippen LogP contribution in [0.5, 0.6) is 0 Å². The Bertz CT molecular complexity index is 230. The van der Waals surface area contributed by atoms with Gasteiger partial charge in [-0.15, -0.1) is 0 Å². The molecule has 0 aliphatic carbocycles. The summed E-state index contributed by atoms with van der Waals surface area (Å²) in [4.78, 5) is 11.9. The monoisotopic (exact) mass is 167 g/mol. The highest BCUT2D eigenvalue weighted by atomic mass is 16.1. The van der Waals surface area contributed by atoms with Crippen LogP contribution < -0.4 is 0 Å². The second-order valence-corrected chi connectivity index (χ2v) is 3.06. The summed E-state index contributed by atoms with van der Waals surface area (Å²) in [5.74, 6) is 0.377. The average Bonchev–Trinajstić information content (AvgIpc) is 2.51. The van der Waals surface area contributed by atoms with Crippen molar-refractivity contribution < 1.29 is 4.79 Å². The fraction of sp³-hybridized carbons (Fsp3) is 0.625. The van der Waals surface area contributed by atoms with Crippen molar-refractivity contribution in [2.45, 2.75) is 26.3 Å². The van der Waals surface area contributed by atoms with Gasteiger partial charge in [-0.25, -0.2) is 0 Å². The molecule has 4 heteroatoms. The molecule has 1 heterocycles. The molecule has 0 radical (unpaired) electrons. The van der Waals surface area contributed by atoms with Crippen molar-refractivity contribution in [2.75, 3.05) is 0 Å². The molecule has 0 aliphatic heterocycles. The zero-order chi connectivity index (χ0) is 8.97. The number of nitrogens with zero attached hydrogens (tertiary/aromatic N) is 3. The van der Waals surface area contributed by atoms with Gasteiger partial charge < -0.3 is 4.79 Å². The summed E-state index contributed by atoms with van der Waals surface area (Å²) in [6.45, 7) is 4.11. The summed E-state index contributed by atoms with van der Waals surface area (Å²) < 4.78 is 0. The quantitative estimate of drug-likeness (QED) is 0.630. The van der Waals surface area contributed by atoms with Crippen LogP contribution in [0.15, 0.2) is 12.4 Å². The maximum absolute atomic E-state index is 10.3. The third-order valence-electron chi connectivity index (χ3n) is 1.84. The Balaban J connectivity index is 2.73. The van der Waals surface area contributed by atoms with Gasteiger partial charge in [0.1, 0.15) is 6.29 Å². The first-order chi connectivity index (χ1) is 5.75. The van der Waals surface area contributed by atoms with Crippen molar-refractivity contribution >= 4 is 6.29 Å². The van der Waals surface area contributed by atoms with Crippen LogP contribution in [0.2, 0.25) is 0 Å². The van der Waals surface area contributed by atoms with Crippen molar-refractivity contribution in [3.63, 3.8) is 0 Å². The van der Waals surface area contributed by atoms with Crippen molar-refractivity contribution in [3.8, 4) is 0 Å². The van der Waals surface area contributed by atoms with Crippen LogP contribution in [-0.2, 0) is 4.79 Å². The second-order valence-electron chi connectivity index (χ2n) is 3.06. The minimum atomic E-state index is 0.0949. The Morgan fingerprint density at radius 2 is 2.00 bits per heavy atom. The second kappa shape index (κ2) is 3.99. The van der Waals surface area contributed by atoms with Crippen molar-refractivity contribution in [1.82, 2.24) is 15.0 Å². The molecular weight excluding hydrogens is 154 g/mol. The highest BCUT2D eigenvalue weighted by Gasteiger charge is 2.15. The lowest BCUT2D eigenvalue weighted by molar-refractivity contribution is -0.108. The zero-order valence-electron chi connectivity index (χ0n) is 7.34. The predicted molar refractivity (Wildman–Crippen MR) is 44.6 cm³/mol. The molecule has 4 nitrogen and oxygen atoms in total. The number of hydrogen-bond donors (Lipinski definition) is 0. The Morgan fingerprint density at radius 3 is 2.42 bits per heavy atom. The molecule has 0 spiro atoms. The lowest BCUT2D eigenvalue weighted by atomic mass is 10.0. The zero-order valence-corrected chi connectivity index (χ0v) is 7.34. The number of carbonyl (C=O) groups is 1. The van der Waals surface area contributed by atoms with Gasteiger partial charge in [-0.1, -0.05) is 13.8 Å². The highest BCUT2D eigenvalue weighted by molar-refractivity contribution is 5.50. The van der Waals surface area contributed by atoms with Crippen LogP contribution in [-0.4, -0.2) is 21.3 Å². The van der Waals surface area contributed by atoms with Gasteiger partial charge in [0.05, 0.1) is 18.4 Å². The maximum atomic E-state index is 10.3. The molecular formula is C8H13N3O. The summed E-state index contributed by atoms with van der Waals surface area (Å²) in [5, 5.41) is 8.01. The topological polar surface area (TPSA) is 47.8 Å². The van der Waals surface area contributed by atoms with E-state index in [-0.39, 0.29) is 6.04 Å². The predicted octanol–water partition coefficient (Wildman–Crippen LogP) is 1.06. The van der Waals surface area contributed by atoms with Crippen LogP contribution in [0.3, 0.4) is 0 Å². The van der Waals surface area contributed by atoms with E-state index < -0.39 is 0 Å². The first-order valence-electron chi connectivity index (χ1n) is 4.05. The third kappa shape index (κ3) is 1.90. The largest absolute Gasteiger partial charge is 0.303 e. The summed E-state index contributed by atoms with van der Waals surface area (Å²) in [6, 6.07) is 0.0949. The third-order valence-corrected chi connectivity index (χ3v) is 1.84. The normalized spacial score (nSPS) is 13.2. The van der Waals surface area contributed by atoms with Crippen molar-refractivity contribution in [3.05, 3.63) is 12.4 Å². The lowest BCUT2D eigenvalue weighted by Crippen LogP contribution is -2.18. The Labute approximate surface area is 71.6 Å². The standard InChI is InChI=1S/C8H13N3O/c1-7(2)8(3-6-12)11-9-4-5-10-11/h4-8H,3H2,1-2H3/t8-/m0/s1. The van der Waals surface area contributed by atoms with E-state index in [1.165, 1.54) is 0 Å². The Morgan fingerprint density at radius 1 is 1.42 bits per heavy atom. The molecule has 1 rings (SSSR count). The number of hydrogen-bond acceptors (Lipinski definition) is 3. The van der Waals surface area contributed by atoms with E-state index >= 15 is 0 Å². The molecule has 12 heavy (non-hydrogen) atoms.